The van der Waals surface area contributed by atoms with E-state index in [9.17, 15) is 24.5 Å². The molecule has 0 radical (unpaired) electrons. The molecule has 0 bridgehead atoms. The van der Waals surface area contributed by atoms with Crippen LogP contribution in [0.1, 0.15) is 31.2 Å². The van der Waals surface area contributed by atoms with Gasteiger partial charge in [0.15, 0.2) is 5.78 Å². The Morgan fingerprint density at radius 1 is 1.33 bits per heavy atom. The van der Waals surface area contributed by atoms with Gasteiger partial charge in [-0.25, -0.2) is 4.79 Å². The molecule has 0 amide bonds. The van der Waals surface area contributed by atoms with Gasteiger partial charge in [-0.1, -0.05) is 25.1 Å². The van der Waals surface area contributed by atoms with Gasteiger partial charge in [0.2, 0.25) is 0 Å². The molecule has 0 spiro atoms. The molecule has 8 nitrogen and oxygen atoms in total. The zero-order valence-corrected chi connectivity index (χ0v) is 13.1. The third kappa shape index (κ3) is 3.03. The predicted octanol–water partition coefficient (Wildman–Crippen LogP) is 2.33. The molecular weight excluding hydrogens is 318 g/mol. The summed E-state index contributed by atoms with van der Waals surface area (Å²) in [5.74, 6) is -3.06. The highest BCUT2D eigenvalue weighted by atomic mass is 16.6. The topological polar surface area (TPSA) is 117 Å². The quantitative estimate of drug-likeness (QED) is 0.262. The first-order valence-electron chi connectivity index (χ1n) is 7.23. The molecule has 24 heavy (non-hydrogen) atoms. The lowest BCUT2D eigenvalue weighted by Crippen LogP contribution is -2.26. The van der Waals surface area contributed by atoms with Crippen LogP contribution >= 0.6 is 0 Å². The normalized spacial score (nSPS) is 11.9. The zero-order valence-electron chi connectivity index (χ0n) is 13.1. The van der Waals surface area contributed by atoms with Crippen molar-refractivity contribution >= 4 is 28.4 Å². The minimum absolute atomic E-state index is 0.0193. The number of methoxy groups -OCH3 is 1. The van der Waals surface area contributed by atoms with Crippen molar-refractivity contribution in [3.63, 3.8) is 0 Å². The van der Waals surface area contributed by atoms with Crippen LogP contribution in [-0.4, -0.2) is 23.8 Å². The molecule has 1 aromatic carbocycles. The van der Waals surface area contributed by atoms with E-state index in [2.05, 4.69) is 4.74 Å². The molecule has 0 aliphatic rings. The van der Waals surface area contributed by atoms with E-state index in [1.54, 1.807) is 19.1 Å². The number of para-hydroxylation sites is 1. The van der Waals surface area contributed by atoms with Crippen LogP contribution in [0.2, 0.25) is 0 Å². The van der Waals surface area contributed by atoms with Gasteiger partial charge in [0.05, 0.1) is 17.6 Å². The van der Waals surface area contributed by atoms with Crippen LogP contribution < -0.4 is 5.63 Å². The number of esters is 1. The van der Waals surface area contributed by atoms with Gasteiger partial charge < -0.3 is 9.15 Å². The molecule has 1 aromatic heterocycles. The molecule has 1 atom stereocenters. The minimum atomic E-state index is -1.55. The Morgan fingerprint density at radius 3 is 2.58 bits per heavy atom. The van der Waals surface area contributed by atoms with Crippen molar-refractivity contribution in [1.82, 2.24) is 0 Å². The summed E-state index contributed by atoms with van der Waals surface area (Å²) in [6.07, 6.45) is 0.463. The van der Waals surface area contributed by atoms with Crippen molar-refractivity contribution in [2.24, 2.45) is 0 Å². The summed E-state index contributed by atoms with van der Waals surface area (Å²) in [5, 5.41) is 11.5. The van der Waals surface area contributed by atoms with Gasteiger partial charge in [-0.3, -0.25) is 19.7 Å². The molecule has 0 N–H and O–H groups in total. The maximum Gasteiger partial charge on any atom is 0.415 e. The van der Waals surface area contributed by atoms with Crippen LogP contribution in [0.5, 0.6) is 0 Å². The Bertz CT molecular complexity index is 868. The molecule has 126 valence electrons. The van der Waals surface area contributed by atoms with E-state index < -0.39 is 33.9 Å². The second-order valence-corrected chi connectivity index (χ2v) is 5.08. The van der Waals surface area contributed by atoms with Crippen molar-refractivity contribution in [3.05, 3.63) is 50.4 Å². The molecule has 0 saturated carbocycles. The summed E-state index contributed by atoms with van der Waals surface area (Å²) < 4.78 is 9.58. The van der Waals surface area contributed by atoms with Crippen LogP contribution in [-0.2, 0) is 14.3 Å². The number of nitrogens with zero attached hydrogens (tertiary/aromatic N) is 1. The molecule has 1 heterocycles. The predicted molar refractivity (Wildman–Crippen MR) is 83.8 cm³/mol. The fraction of sp³-hybridized carbons (Fsp3) is 0.312. The van der Waals surface area contributed by atoms with Crippen molar-refractivity contribution in [2.75, 3.05) is 7.11 Å². The smallest absolute Gasteiger partial charge is 0.415 e. The van der Waals surface area contributed by atoms with Crippen molar-refractivity contribution in [3.8, 4) is 0 Å². The van der Waals surface area contributed by atoms with E-state index in [1.165, 1.54) is 12.1 Å². The summed E-state index contributed by atoms with van der Waals surface area (Å²) in [6, 6.07) is 6.02. The fourth-order valence-electron chi connectivity index (χ4n) is 2.55. The number of carbonyl (C=O) groups is 2. The van der Waals surface area contributed by atoms with E-state index in [1.807, 2.05) is 0 Å². The summed E-state index contributed by atoms with van der Waals surface area (Å²) in [5.41, 5.74) is -2.36. The lowest BCUT2D eigenvalue weighted by atomic mass is 9.89. The first-order chi connectivity index (χ1) is 11.4. The molecule has 0 aliphatic heterocycles. The Morgan fingerprint density at radius 2 is 2.00 bits per heavy atom. The van der Waals surface area contributed by atoms with Gasteiger partial charge in [0.1, 0.15) is 11.5 Å². The molecule has 2 rings (SSSR count). The SMILES string of the molecule is CCCC(=O)C(C(=O)OC)c1c([N+](=O)[O-])c(=O)oc2ccccc12. The molecule has 2 aromatic rings. The highest BCUT2D eigenvalue weighted by Gasteiger charge is 2.38. The molecular formula is C16H15NO7. The second kappa shape index (κ2) is 7.03. The van der Waals surface area contributed by atoms with Crippen molar-refractivity contribution in [2.45, 2.75) is 25.7 Å². The first-order valence-corrected chi connectivity index (χ1v) is 7.23. The van der Waals surface area contributed by atoms with Gasteiger partial charge in [-0.05, 0) is 12.5 Å². The van der Waals surface area contributed by atoms with Crippen LogP contribution in [0.3, 0.4) is 0 Å². The molecule has 0 aliphatic carbocycles. The summed E-state index contributed by atoms with van der Waals surface area (Å²) in [6.45, 7) is 1.73. The van der Waals surface area contributed by atoms with E-state index in [0.717, 1.165) is 7.11 Å². The van der Waals surface area contributed by atoms with Crippen LogP contribution in [0.4, 0.5) is 5.69 Å². The number of hydrogen-bond acceptors (Lipinski definition) is 7. The fourth-order valence-corrected chi connectivity index (χ4v) is 2.55. The monoisotopic (exact) mass is 333 g/mol. The second-order valence-electron chi connectivity index (χ2n) is 5.08. The Balaban J connectivity index is 2.90. The summed E-state index contributed by atoms with van der Waals surface area (Å²) >= 11 is 0. The Labute approximate surface area is 136 Å². The number of ether oxygens (including phenoxy) is 1. The third-order valence-corrected chi connectivity index (χ3v) is 3.55. The van der Waals surface area contributed by atoms with Gasteiger partial charge in [0, 0.05) is 11.8 Å². The molecule has 8 heteroatoms. The highest BCUT2D eigenvalue weighted by molar-refractivity contribution is 6.08. The zero-order chi connectivity index (χ0) is 17.9. The maximum absolute atomic E-state index is 12.4. The number of carbonyl (C=O) groups excluding carboxylic acids is 2. The average molecular weight is 333 g/mol. The van der Waals surface area contributed by atoms with Crippen molar-refractivity contribution < 1.29 is 23.7 Å². The van der Waals surface area contributed by atoms with Crippen molar-refractivity contribution in [1.29, 1.82) is 0 Å². The number of hydrogen-bond donors (Lipinski definition) is 0. The summed E-state index contributed by atoms with van der Waals surface area (Å²) in [4.78, 5) is 47.0. The largest absolute Gasteiger partial charge is 0.468 e. The van der Waals surface area contributed by atoms with Gasteiger partial charge in [-0.2, -0.15) is 0 Å². The lowest BCUT2D eigenvalue weighted by Gasteiger charge is -2.15. The maximum atomic E-state index is 12.4. The highest BCUT2D eigenvalue weighted by Crippen LogP contribution is 2.33. The number of Topliss-reactive ketones (excluding diaryl/α,β-unsaturated/α-hetero) is 1. The van der Waals surface area contributed by atoms with Crippen LogP contribution in [0.15, 0.2) is 33.5 Å². The number of nitro groups is 1. The van der Waals surface area contributed by atoms with E-state index in [-0.39, 0.29) is 23.0 Å². The van der Waals surface area contributed by atoms with E-state index in [0.29, 0.717) is 6.42 Å². The number of ketones is 1. The third-order valence-electron chi connectivity index (χ3n) is 3.55. The van der Waals surface area contributed by atoms with Crippen LogP contribution in [0, 0.1) is 10.1 Å². The van der Waals surface area contributed by atoms with Gasteiger partial charge in [-0.15, -0.1) is 0 Å². The standard InChI is InChI=1S/C16H15NO7/c1-3-6-10(18)13(15(19)23-2)12-9-7-4-5-8-11(9)24-16(20)14(12)17(21)22/h4-5,7-8,13H,3,6H2,1-2H3. The summed E-state index contributed by atoms with van der Waals surface area (Å²) in [7, 11) is 1.08. The number of rotatable bonds is 6. The molecule has 1 unspecified atom stereocenters. The van der Waals surface area contributed by atoms with E-state index >= 15 is 0 Å². The number of benzene rings is 1. The first kappa shape index (κ1) is 17.3. The Kier molecular flexibility index (Phi) is 5.08. The average Bonchev–Trinajstić information content (AvgIpc) is 2.54. The van der Waals surface area contributed by atoms with Gasteiger partial charge >= 0.3 is 17.3 Å². The van der Waals surface area contributed by atoms with E-state index in [4.69, 9.17) is 4.42 Å². The molecule has 0 saturated heterocycles. The van der Waals surface area contributed by atoms with Gasteiger partial charge in [0.25, 0.3) is 0 Å². The number of fused-ring (bicyclic) bond motifs is 1. The molecule has 0 fully saturated rings. The lowest BCUT2D eigenvalue weighted by molar-refractivity contribution is -0.387. The minimum Gasteiger partial charge on any atom is -0.468 e. The van der Waals surface area contributed by atoms with Crippen LogP contribution in [0.25, 0.3) is 11.0 Å². The Hall–Kier alpha value is -3.03.